The summed E-state index contributed by atoms with van der Waals surface area (Å²) >= 11 is 1.01. The average molecular weight is 363 g/mol. The molecule has 2 bridgehead atoms. The van der Waals surface area contributed by atoms with Crippen molar-refractivity contribution in [2.45, 2.75) is 12.8 Å². The minimum absolute atomic E-state index is 0.177. The second kappa shape index (κ2) is 6.80. The fourth-order valence-corrected chi connectivity index (χ4v) is 4.71. The van der Waals surface area contributed by atoms with E-state index in [0.717, 1.165) is 17.9 Å². The van der Waals surface area contributed by atoms with Crippen LogP contribution >= 0.6 is 11.3 Å². The van der Waals surface area contributed by atoms with Crippen molar-refractivity contribution in [3.63, 3.8) is 0 Å². The summed E-state index contributed by atoms with van der Waals surface area (Å²) in [6.45, 7) is 4.02. The fraction of sp³-hybridized carbons (Fsp3) is 0.444. The number of piperidine rings is 3. The predicted octanol–water partition coefficient (Wildman–Crippen LogP) is 3.16. The van der Waals surface area contributed by atoms with Crippen molar-refractivity contribution in [2.75, 3.05) is 26.2 Å². The van der Waals surface area contributed by atoms with Crippen LogP contribution in [0.2, 0.25) is 0 Å². The molecule has 0 radical (unpaired) electrons. The number of thiazole rings is 1. The summed E-state index contributed by atoms with van der Waals surface area (Å²) < 4.78 is 27.7. The van der Waals surface area contributed by atoms with Crippen LogP contribution < -0.4 is 5.32 Å². The molecule has 3 saturated heterocycles. The van der Waals surface area contributed by atoms with Crippen LogP contribution in [0.1, 0.15) is 22.5 Å². The van der Waals surface area contributed by atoms with Crippen molar-refractivity contribution in [1.29, 1.82) is 0 Å². The van der Waals surface area contributed by atoms with Gasteiger partial charge in [0.25, 0.3) is 5.91 Å². The molecule has 25 heavy (non-hydrogen) atoms. The van der Waals surface area contributed by atoms with E-state index in [9.17, 15) is 13.6 Å². The molecule has 1 amide bonds. The SMILES string of the molecule is O=C(NCC1CN2CCC1CC2)c1cnc(-c2c(F)cccc2F)s1. The normalized spacial score (nSPS) is 25.1. The van der Waals surface area contributed by atoms with Gasteiger partial charge in [0.1, 0.15) is 21.5 Å². The lowest BCUT2D eigenvalue weighted by atomic mass is 9.79. The molecule has 3 aliphatic rings. The Kier molecular flexibility index (Phi) is 4.52. The van der Waals surface area contributed by atoms with E-state index in [2.05, 4.69) is 15.2 Å². The van der Waals surface area contributed by atoms with Crippen LogP contribution in [0.3, 0.4) is 0 Å². The highest BCUT2D eigenvalue weighted by atomic mass is 32.1. The summed E-state index contributed by atoms with van der Waals surface area (Å²) in [6, 6.07) is 3.68. The molecule has 0 spiro atoms. The second-order valence-corrected chi connectivity index (χ2v) is 7.77. The number of nitrogens with one attached hydrogen (secondary N) is 1. The number of hydrogen-bond donors (Lipinski definition) is 1. The van der Waals surface area contributed by atoms with E-state index in [1.54, 1.807) is 0 Å². The van der Waals surface area contributed by atoms with Gasteiger partial charge in [-0.2, -0.15) is 0 Å². The first-order valence-corrected chi connectivity index (χ1v) is 9.34. The Bertz CT molecular complexity index is 766. The molecule has 1 unspecified atom stereocenters. The maximum atomic E-state index is 13.8. The molecule has 5 rings (SSSR count). The minimum atomic E-state index is -0.673. The number of fused-ring (bicyclic) bond motifs is 3. The molecule has 7 heteroatoms. The minimum Gasteiger partial charge on any atom is -0.351 e. The van der Waals surface area contributed by atoms with Gasteiger partial charge >= 0.3 is 0 Å². The third-order valence-corrected chi connectivity index (χ3v) is 6.24. The molecule has 1 atom stereocenters. The summed E-state index contributed by atoms with van der Waals surface area (Å²) in [7, 11) is 0. The van der Waals surface area contributed by atoms with Crippen molar-refractivity contribution in [1.82, 2.24) is 15.2 Å². The molecule has 0 saturated carbocycles. The number of halogens is 2. The molecule has 132 valence electrons. The zero-order valence-electron chi connectivity index (χ0n) is 13.7. The zero-order chi connectivity index (χ0) is 17.4. The summed E-state index contributed by atoms with van der Waals surface area (Å²) in [4.78, 5) is 19.2. The van der Waals surface area contributed by atoms with Crippen LogP contribution in [-0.4, -0.2) is 42.0 Å². The molecule has 3 aliphatic heterocycles. The van der Waals surface area contributed by atoms with Crippen LogP contribution in [0.5, 0.6) is 0 Å². The highest BCUT2D eigenvalue weighted by Gasteiger charge is 2.34. The van der Waals surface area contributed by atoms with E-state index in [1.165, 1.54) is 50.3 Å². The number of aromatic nitrogens is 1. The van der Waals surface area contributed by atoms with Gasteiger partial charge in [-0.1, -0.05) is 6.07 Å². The standard InChI is InChI=1S/C18H19F2N3OS/c19-13-2-1-3-14(20)16(13)18-22-9-15(25-18)17(24)21-8-12-10-23-6-4-11(12)5-7-23/h1-3,9,11-12H,4-8,10H2,(H,21,24). The largest absolute Gasteiger partial charge is 0.351 e. The third-order valence-electron chi connectivity index (χ3n) is 5.22. The number of amides is 1. The number of benzene rings is 1. The molecule has 4 nitrogen and oxygen atoms in total. The molecule has 1 N–H and O–H groups in total. The highest BCUT2D eigenvalue weighted by molar-refractivity contribution is 7.16. The quantitative estimate of drug-likeness (QED) is 0.908. The Morgan fingerprint density at radius 2 is 2.00 bits per heavy atom. The predicted molar refractivity (Wildman–Crippen MR) is 92.5 cm³/mol. The molecule has 4 heterocycles. The average Bonchev–Trinajstić information content (AvgIpc) is 3.10. The van der Waals surface area contributed by atoms with E-state index in [4.69, 9.17) is 0 Å². The molecular formula is C18H19F2N3OS. The third kappa shape index (κ3) is 3.30. The first-order chi connectivity index (χ1) is 12.1. The van der Waals surface area contributed by atoms with E-state index in [1.807, 2.05) is 0 Å². The van der Waals surface area contributed by atoms with Crippen LogP contribution in [0.15, 0.2) is 24.4 Å². The van der Waals surface area contributed by atoms with Crippen molar-refractivity contribution < 1.29 is 13.6 Å². The smallest absolute Gasteiger partial charge is 0.263 e. The maximum absolute atomic E-state index is 13.8. The molecule has 0 aliphatic carbocycles. The number of hydrogen-bond acceptors (Lipinski definition) is 4. The van der Waals surface area contributed by atoms with Gasteiger partial charge in [-0.3, -0.25) is 4.79 Å². The monoisotopic (exact) mass is 363 g/mol. The number of rotatable bonds is 4. The molecule has 2 aromatic rings. The van der Waals surface area contributed by atoms with E-state index >= 15 is 0 Å². The first-order valence-electron chi connectivity index (χ1n) is 8.52. The zero-order valence-corrected chi connectivity index (χ0v) is 14.5. The van der Waals surface area contributed by atoms with Gasteiger partial charge in [0.05, 0.1) is 11.8 Å². The molecular weight excluding hydrogens is 344 g/mol. The van der Waals surface area contributed by atoms with Gasteiger partial charge < -0.3 is 10.2 Å². The van der Waals surface area contributed by atoms with Crippen LogP contribution in [0.4, 0.5) is 8.78 Å². The van der Waals surface area contributed by atoms with E-state index in [0.29, 0.717) is 23.3 Å². The Hall–Kier alpha value is -1.86. The Morgan fingerprint density at radius 3 is 2.64 bits per heavy atom. The number of carbonyl (C=O) groups is 1. The first kappa shape index (κ1) is 16.6. The van der Waals surface area contributed by atoms with Crippen molar-refractivity contribution in [3.05, 3.63) is 40.9 Å². The van der Waals surface area contributed by atoms with Gasteiger partial charge in [0.2, 0.25) is 0 Å². The van der Waals surface area contributed by atoms with Gasteiger partial charge in [-0.15, -0.1) is 11.3 Å². The summed E-state index contributed by atoms with van der Waals surface area (Å²) in [6.07, 6.45) is 3.80. The summed E-state index contributed by atoms with van der Waals surface area (Å²) in [5.41, 5.74) is -0.177. The van der Waals surface area contributed by atoms with Crippen LogP contribution in [-0.2, 0) is 0 Å². The fourth-order valence-electron chi connectivity index (χ4n) is 3.83. The lowest BCUT2D eigenvalue weighted by Crippen LogP contribution is -2.50. The number of nitrogens with zero attached hydrogens (tertiary/aromatic N) is 2. The Morgan fingerprint density at radius 1 is 1.28 bits per heavy atom. The van der Waals surface area contributed by atoms with Gasteiger partial charge in [0, 0.05) is 13.1 Å². The highest BCUT2D eigenvalue weighted by Crippen LogP contribution is 2.32. The van der Waals surface area contributed by atoms with Gasteiger partial charge in [-0.05, 0) is 49.9 Å². The van der Waals surface area contributed by atoms with Gasteiger partial charge in [-0.25, -0.2) is 13.8 Å². The summed E-state index contributed by atoms with van der Waals surface area (Å²) in [5, 5.41) is 3.15. The summed E-state index contributed by atoms with van der Waals surface area (Å²) in [5.74, 6) is -0.392. The number of carbonyl (C=O) groups excluding carboxylic acids is 1. The lowest BCUT2D eigenvalue weighted by molar-refractivity contribution is 0.0497. The van der Waals surface area contributed by atoms with Gasteiger partial charge in [0.15, 0.2) is 0 Å². The van der Waals surface area contributed by atoms with E-state index < -0.39 is 11.6 Å². The van der Waals surface area contributed by atoms with Crippen LogP contribution in [0.25, 0.3) is 10.6 Å². The van der Waals surface area contributed by atoms with Crippen molar-refractivity contribution in [2.24, 2.45) is 11.8 Å². The Labute approximate surface area is 148 Å². The molecule has 1 aromatic heterocycles. The van der Waals surface area contributed by atoms with E-state index in [-0.39, 0.29) is 16.5 Å². The van der Waals surface area contributed by atoms with Crippen molar-refractivity contribution >= 4 is 17.2 Å². The maximum Gasteiger partial charge on any atom is 0.263 e. The topological polar surface area (TPSA) is 45.2 Å². The molecule has 1 aromatic carbocycles. The Balaban J connectivity index is 1.42. The van der Waals surface area contributed by atoms with Crippen molar-refractivity contribution in [3.8, 4) is 10.6 Å². The molecule has 3 fully saturated rings. The second-order valence-electron chi connectivity index (χ2n) is 6.73. The van der Waals surface area contributed by atoms with Crippen LogP contribution in [0, 0.1) is 23.5 Å². The lowest BCUT2D eigenvalue weighted by Gasteiger charge is -2.44.